The van der Waals surface area contributed by atoms with Gasteiger partial charge in [0.2, 0.25) is 5.91 Å². The second-order valence-electron chi connectivity index (χ2n) is 7.21. The first-order valence-corrected chi connectivity index (χ1v) is 12.7. The Kier molecular flexibility index (Phi) is 8.04. The molecule has 2 aromatic heterocycles. The van der Waals surface area contributed by atoms with Gasteiger partial charge in [-0.25, -0.2) is 4.57 Å². The molecule has 2 N–H and O–H groups in total. The van der Waals surface area contributed by atoms with E-state index in [9.17, 15) is 32.5 Å². The van der Waals surface area contributed by atoms with Crippen molar-refractivity contribution >= 4 is 80.6 Å². The zero-order valence-electron chi connectivity index (χ0n) is 16.3. The number of thioether (sulfide) groups is 1. The van der Waals surface area contributed by atoms with E-state index in [0.29, 0.717) is 12.3 Å². The summed E-state index contributed by atoms with van der Waals surface area (Å²) in [6, 6.07) is 3.61. The van der Waals surface area contributed by atoms with Crippen molar-refractivity contribution in [3.8, 4) is 0 Å². The van der Waals surface area contributed by atoms with Crippen LogP contribution in [0.1, 0.15) is 15.9 Å². The first-order valence-electron chi connectivity index (χ1n) is 9.30. The van der Waals surface area contributed by atoms with Crippen LogP contribution in [-0.2, 0) is 32.7 Å². The number of pyridine rings is 1. The summed E-state index contributed by atoms with van der Waals surface area (Å²) in [5.74, 6) is -1.41. The molecular formula is C19H18N3NaO7S3. The molecule has 0 aliphatic carbocycles. The summed E-state index contributed by atoms with van der Waals surface area (Å²) in [7, 11) is -4.41. The predicted molar refractivity (Wildman–Crippen MR) is 119 cm³/mol. The molecule has 14 heteroatoms. The van der Waals surface area contributed by atoms with Crippen LogP contribution in [0, 0.1) is 0 Å². The molecule has 2 amide bonds. The van der Waals surface area contributed by atoms with Gasteiger partial charge in [0, 0.05) is 35.2 Å². The minimum atomic E-state index is -4.41. The predicted octanol–water partition coefficient (Wildman–Crippen LogP) is -1.48. The van der Waals surface area contributed by atoms with Gasteiger partial charge in [-0.15, -0.1) is 23.1 Å². The van der Waals surface area contributed by atoms with Crippen LogP contribution in [0.5, 0.6) is 0 Å². The topological polar surface area (TPSA) is 148 Å². The molecule has 4 heterocycles. The van der Waals surface area contributed by atoms with Gasteiger partial charge in [-0.2, -0.15) is 8.42 Å². The van der Waals surface area contributed by atoms with Crippen molar-refractivity contribution < 1.29 is 37.0 Å². The van der Waals surface area contributed by atoms with Crippen molar-refractivity contribution in [3.63, 3.8) is 0 Å². The van der Waals surface area contributed by atoms with Gasteiger partial charge >= 0.3 is 39.7 Å². The summed E-state index contributed by atoms with van der Waals surface area (Å²) in [4.78, 5) is 37.3. The van der Waals surface area contributed by atoms with Crippen LogP contribution in [0.4, 0.5) is 0 Å². The summed E-state index contributed by atoms with van der Waals surface area (Å²) in [5.41, 5.74) is 1.21. The molecule has 1 saturated heterocycles. The van der Waals surface area contributed by atoms with E-state index in [-0.39, 0.29) is 62.6 Å². The van der Waals surface area contributed by atoms with E-state index in [1.54, 1.807) is 28.1 Å². The molecule has 4 rings (SSSR count). The van der Waals surface area contributed by atoms with E-state index >= 15 is 0 Å². The molecule has 1 unspecified atom stereocenters. The Balaban J connectivity index is 0.00000306. The third-order valence-electron chi connectivity index (χ3n) is 4.96. The standard InChI is InChI=1S/C19H17N3O7S3.Na.H/c23-14(7-13-3-6-30-19(13)32(27,28)29)20-15-16(24)22-9-11(10-31-17(15)22)8-21-4-1-12(2-5-21)18(25)26;;/h1-6,9,15,17H,7-8,10H2,(H2-,20,23,25,26,27,28,29);;/t15?,17-;;/m1../s1. The Bertz CT molecular complexity index is 1230. The Morgan fingerprint density at radius 1 is 1.27 bits per heavy atom. The van der Waals surface area contributed by atoms with Crippen LogP contribution >= 0.6 is 23.1 Å². The van der Waals surface area contributed by atoms with Crippen LogP contribution in [0.15, 0.2) is 52.0 Å². The number of aromatic nitrogens is 1. The minimum absolute atomic E-state index is 0. The quantitative estimate of drug-likeness (QED) is 0.195. The summed E-state index contributed by atoms with van der Waals surface area (Å²) in [6.07, 6.45) is 4.71. The first kappa shape index (κ1) is 25.9. The number of nitrogens with one attached hydrogen (secondary N) is 1. The number of fused-ring (bicyclic) bond motifs is 1. The summed E-state index contributed by atoms with van der Waals surface area (Å²) < 4.78 is 33.5. The fourth-order valence-electron chi connectivity index (χ4n) is 3.46. The van der Waals surface area contributed by atoms with Gasteiger partial charge in [0.25, 0.3) is 5.91 Å². The fraction of sp³-hybridized carbons (Fsp3) is 0.263. The van der Waals surface area contributed by atoms with E-state index in [1.807, 2.05) is 0 Å². The van der Waals surface area contributed by atoms with Crippen LogP contribution in [0.3, 0.4) is 0 Å². The van der Waals surface area contributed by atoms with Gasteiger partial charge in [-0.05, 0) is 17.0 Å². The number of carbonyl (C=O) groups is 3. The molecule has 2 aromatic rings. The molecule has 2 atom stereocenters. The Morgan fingerprint density at radius 2 is 1.97 bits per heavy atom. The van der Waals surface area contributed by atoms with Crippen LogP contribution in [-0.4, -0.2) is 82.4 Å². The number of hydrogen-bond donors (Lipinski definition) is 2. The van der Waals surface area contributed by atoms with E-state index in [1.165, 1.54) is 35.3 Å². The fourth-order valence-corrected chi connectivity index (χ4v) is 6.48. The number of thiophene rings is 1. The van der Waals surface area contributed by atoms with Gasteiger partial charge in [-0.1, -0.05) is 0 Å². The Labute approximate surface area is 219 Å². The van der Waals surface area contributed by atoms with Crippen LogP contribution in [0.25, 0.3) is 0 Å². The van der Waals surface area contributed by atoms with Crippen molar-refractivity contribution in [2.75, 3.05) is 5.75 Å². The second-order valence-corrected chi connectivity index (χ2v) is 10.8. The zero-order chi connectivity index (χ0) is 23.0. The molecule has 2 aliphatic heterocycles. The number of aromatic carboxylic acids is 1. The molecule has 0 radical (unpaired) electrons. The van der Waals surface area contributed by atoms with Gasteiger partial charge < -0.3 is 20.1 Å². The maximum atomic E-state index is 12.5. The van der Waals surface area contributed by atoms with E-state index in [2.05, 4.69) is 5.32 Å². The Morgan fingerprint density at radius 3 is 2.61 bits per heavy atom. The number of carbonyl (C=O) groups excluding carboxylic acids is 3. The molecule has 10 nitrogen and oxygen atoms in total. The van der Waals surface area contributed by atoms with E-state index in [4.69, 9.17) is 0 Å². The average Bonchev–Trinajstić information content (AvgIpc) is 3.21. The SMILES string of the molecule is O=C(Cc1ccsc1S(=O)(=O)O)NC1C(=O)N2C=C(C[n+]3ccc(C(=O)[O-])cc3)CS[C@H]12.[NaH]. The third-order valence-corrected chi connectivity index (χ3v) is 8.74. The van der Waals surface area contributed by atoms with Crippen LogP contribution < -0.4 is 15.0 Å². The first-order chi connectivity index (χ1) is 15.1. The average molecular weight is 520 g/mol. The van der Waals surface area contributed by atoms with Gasteiger partial charge in [0.1, 0.15) is 11.4 Å². The molecule has 2 aliphatic rings. The molecule has 33 heavy (non-hydrogen) atoms. The van der Waals surface area contributed by atoms with E-state index in [0.717, 1.165) is 16.9 Å². The molecule has 0 bridgehead atoms. The number of rotatable bonds is 7. The number of carboxylic acids is 1. The molecule has 1 fully saturated rings. The summed E-state index contributed by atoms with van der Waals surface area (Å²) in [6.45, 7) is 0.477. The number of β-lactam (4-membered cyclic amide) rings is 1. The van der Waals surface area contributed by atoms with Crippen molar-refractivity contribution in [1.82, 2.24) is 10.2 Å². The third kappa shape index (κ3) is 5.67. The second kappa shape index (κ2) is 10.3. The van der Waals surface area contributed by atoms with E-state index < -0.39 is 28.0 Å². The number of carboxylic acid groups (broad SMARTS) is 1. The number of nitrogens with zero attached hydrogens (tertiary/aromatic N) is 2. The number of amides is 2. The molecule has 0 spiro atoms. The van der Waals surface area contributed by atoms with Crippen molar-refractivity contribution in [2.24, 2.45) is 0 Å². The van der Waals surface area contributed by atoms with Crippen molar-refractivity contribution in [3.05, 3.63) is 58.9 Å². The maximum absolute atomic E-state index is 12.5. The van der Waals surface area contributed by atoms with Crippen molar-refractivity contribution in [1.29, 1.82) is 0 Å². The molecular weight excluding hydrogens is 501 g/mol. The monoisotopic (exact) mass is 519 g/mol. The normalized spacial score (nSPS) is 19.6. The molecule has 0 aromatic carbocycles. The van der Waals surface area contributed by atoms with Gasteiger partial charge in [-0.3, -0.25) is 14.1 Å². The summed E-state index contributed by atoms with van der Waals surface area (Å²) >= 11 is 2.31. The van der Waals surface area contributed by atoms with Gasteiger partial charge in [0.05, 0.1) is 12.4 Å². The van der Waals surface area contributed by atoms with Gasteiger partial charge in [0.15, 0.2) is 23.1 Å². The van der Waals surface area contributed by atoms with Crippen LogP contribution in [0.2, 0.25) is 0 Å². The molecule has 0 saturated carbocycles. The Hall–Kier alpha value is -1.74. The number of hydrogen-bond acceptors (Lipinski definition) is 8. The zero-order valence-corrected chi connectivity index (χ0v) is 18.8. The molecule has 170 valence electrons. The van der Waals surface area contributed by atoms with Crippen molar-refractivity contribution in [2.45, 2.75) is 28.6 Å². The summed E-state index contributed by atoms with van der Waals surface area (Å²) in [5, 5.41) is 14.7.